The van der Waals surface area contributed by atoms with Crippen LogP contribution in [0.4, 0.5) is 10.6 Å². The highest BCUT2D eigenvalue weighted by atomic mass is 16.6. The van der Waals surface area contributed by atoms with Gasteiger partial charge in [-0.05, 0) is 42.8 Å². The third kappa shape index (κ3) is 5.38. The number of amides is 1. The van der Waals surface area contributed by atoms with E-state index in [9.17, 15) is 9.59 Å². The molecule has 0 aliphatic carbocycles. The molecule has 1 atom stereocenters. The highest BCUT2D eigenvalue weighted by Crippen LogP contribution is 2.37. The van der Waals surface area contributed by atoms with Gasteiger partial charge in [0.1, 0.15) is 11.3 Å². The van der Waals surface area contributed by atoms with Gasteiger partial charge in [0, 0.05) is 37.4 Å². The van der Waals surface area contributed by atoms with E-state index in [0.29, 0.717) is 34.8 Å². The number of rotatable bonds is 7. The van der Waals surface area contributed by atoms with E-state index in [1.54, 1.807) is 45.5 Å². The highest BCUT2D eigenvalue weighted by molar-refractivity contribution is 5.90. The molecule has 2 aromatic heterocycles. The maximum Gasteiger partial charge on any atom is 0.414 e. The van der Waals surface area contributed by atoms with E-state index in [4.69, 9.17) is 9.47 Å². The first-order valence-electron chi connectivity index (χ1n) is 11.2. The molecule has 4 rings (SSSR count). The van der Waals surface area contributed by atoms with Gasteiger partial charge in [-0.15, -0.1) is 0 Å². The lowest BCUT2D eigenvalue weighted by Gasteiger charge is -2.24. The van der Waals surface area contributed by atoms with E-state index in [0.717, 1.165) is 10.9 Å². The summed E-state index contributed by atoms with van der Waals surface area (Å²) in [6.45, 7) is 2.07. The molecule has 0 saturated heterocycles. The standard InChI is InChI=1S/C27H26N4O4/c1-4-34-26(32)20-12-10-19(11-13-20)23(30-22-9-5-6-16-28-22)21-15-14-18-8-7-17-29-24(18)25(21)35-27(33)31(2)3/h5-17,23H,4H2,1-3H3,(H,28,30). The molecule has 0 saturated carbocycles. The van der Waals surface area contributed by atoms with E-state index in [1.165, 1.54) is 4.90 Å². The SMILES string of the molecule is CCOC(=O)c1ccc(C(Nc2ccccn2)c2ccc3cccnc3c2OC(=O)N(C)C)cc1. The fraction of sp³-hybridized carbons (Fsp3) is 0.185. The van der Waals surface area contributed by atoms with Crippen molar-refractivity contribution in [1.29, 1.82) is 0 Å². The Bertz CT molecular complexity index is 1320. The molecule has 1 amide bonds. The maximum atomic E-state index is 12.6. The van der Waals surface area contributed by atoms with Gasteiger partial charge in [0.05, 0.1) is 18.2 Å². The van der Waals surface area contributed by atoms with Gasteiger partial charge in [-0.2, -0.15) is 0 Å². The number of nitrogens with zero attached hydrogens (tertiary/aromatic N) is 3. The third-order valence-corrected chi connectivity index (χ3v) is 5.34. The first kappa shape index (κ1) is 23.7. The van der Waals surface area contributed by atoms with Crippen LogP contribution in [-0.4, -0.2) is 47.6 Å². The van der Waals surface area contributed by atoms with Crippen LogP contribution in [0.2, 0.25) is 0 Å². The Balaban J connectivity index is 1.85. The van der Waals surface area contributed by atoms with Gasteiger partial charge in [0.15, 0.2) is 5.75 Å². The van der Waals surface area contributed by atoms with E-state index >= 15 is 0 Å². The van der Waals surface area contributed by atoms with Gasteiger partial charge in [-0.25, -0.2) is 14.6 Å². The lowest BCUT2D eigenvalue weighted by molar-refractivity contribution is 0.0526. The van der Waals surface area contributed by atoms with Crippen LogP contribution in [-0.2, 0) is 4.74 Å². The molecule has 0 spiro atoms. The largest absolute Gasteiger partial charge is 0.462 e. The van der Waals surface area contributed by atoms with Gasteiger partial charge < -0.3 is 19.7 Å². The summed E-state index contributed by atoms with van der Waals surface area (Å²) in [5, 5.41) is 4.27. The normalized spacial score (nSPS) is 11.5. The molecule has 1 N–H and O–H groups in total. The summed E-state index contributed by atoms with van der Waals surface area (Å²) >= 11 is 0. The number of hydrogen-bond acceptors (Lipinski definition) is 7. The first-order chi connectivity index (χ1) is 17.0. The second-order valence-corrected chi connectivity index (χ2v) is 7.96. The number of carbonyl (C=O) groups excluding carboxylic acids is 2. The van der Waals surface area contributed by atoms with Crippen molar-refractivity contribution in [3.8, 4) is 5.75 Å². The zero-order chi connectivity index (χ0) is 24.8. The minimum absolute atomic E-state index is 0.301. The molecule has 4 aromatic rings. The van der Waals surface area contributed by atoms with E-state index in [2.05, 4.69) is 15.3 Å². The maximum absolute atomic E-state index is 12.6. The summed E-state index contributed by atoms with van der Waals surface area (Å²) in [6.07, 6.45) is 2.84. The number of carbonyl (C=O) groups is 2. The highest BCUT2D eigenvalue weighted by Gasteiger charge is 2.24. The summed E-state index contributed by atoms with van der Waals surface area (Å²) in [7, 11) is 3.25. The predicted molar refractivity (Wildman–Crippen MR) is 134 cm³/mol. The zero-order valence-corrected chi connectivity index (χ0v) is 19.8. The summed E-state index contributed by atoms with van der Waals surface area (Å²) < 4.78 is 11.0. The van der Waals surface area contributed by atoms with Crippen LogP contribution in [0.25, 0.3) is 10.9 Å². The minimum Gasteiger partial charge on any atom is -0.462 e. The van der Waals surface area contributed by atoms with Crippen LogP contribution in [0.15, 0.2) is 79.1 Å². The lowest BCUT2D eigenvalue weighted by atomic mass is 9.95. The van der Waals surface area contributed by atoms with Crippen LogP contribution in [0, 0.1) is 0 Å². The number of hydrogen-bond donors (Lipinski definition) is 1. The topological polar surface area (TPSA) is 93.6 Å². The van der Waals surface area contributed by atoms with Crippen molar-refractivity contribution in [2.75, 3.05) is 26.0 Å². The molecule has 35 heavy (non-hydrogen) atoms. The number of fused-ring (bicyclic) bond motifs is 1. The average molecular weight is 471 g/mol. The molecule has 0 aliphatic rings. The molecular formula is C27H26N4O4. The van der Waals surface area contributed by atoms with Crippen molar-refractivity contribution in [3.05, 3.63) is 95.8 Å². The fourth-order valence-corrected chi connectivity index (χ4v) is 3.61. The fourth-order valence-electron chi connectivity index (χ4n) is 3.61. The van der Waals surface area contributed by atoms with Crippen LogP contribution >= 0.6 is 0 Å². The number of benzene rings is 2. The van der Waals surface area contributed by atoms with E-state index in [1.807, 2.05) is 54.6 Å². The van der Waals surface area contributed by atoms with Crippen LogP contribution < -0.4 is 10.1 Å². The average Bonchev–Trinajstić information content (AvgIpc) is 2.88. The van der Waals surface area contributed by atoms with E-state index < -0.39 is 12.1 Å². The number of anilines is 1. The van der Waals surface area contributed by atoms with Crippen molar-refractivity contribution >= 4 is 28.8 Å². The van der Waals surface area contributed by atoms with Gasteiger partial charge >= 0.3 is 12.1 Å². The summed E-state index contributed by atoms with van der Waals surface area (Å²) in [6, 6.07) is 19.8. The molecule has 0 bridgehead atoms. The number of pyridine rings is 2. The quantitative estimate of drug-likeness (QED) is 0.377. The number of nitrogens with one attached hydrogen (secondary N) is 1. The van der Waals surface area contributed by atoms with E-state index in [-0.39, 0.29) is 5.97 Å². The van der Waals surface area contributed by atoms with Crippen LogP contribution in [0.5, 0.6) is 5.75 Å². The Morgan fingerprint density at radius 3 is 2.40 bits per heavy atom. The van der Waals surface area contributed by atoms with Crippen LogP contribution in [0.1, 0.15) is 34.5 Å². The third-order valence-electron chi connectivity index (χ3n) is 5.34. The smallest absolute Gasteiger partial charge is 0.414 e. The Labute approximate surface area is 203 Å². The molecule has 2 aromatic carbocycles. The molecule has 8 nitrogen and oxygen atoms in total. The predicted octanol–water partition coefficient (Wildman–Crippen LogP) is 5.07. The van der Waals surface area contributed by atoms with Crippen molar-refractivity contribution in [1.82, 2.24) is 14.9 Å². The van der Waals surface area contributed by atoms with Gasteiger partial charge in [-0.3, -0.25) is 4.98 Å². The summed E-state index contributed by atoms with van der Waals surface area (Å²) in [5.41, 5.74) is 2.55. The molecule has 2 heterocycles. The summed E-state index contributed by atoms with van der Waals surface area (Å²) in [5.74, 6) is 0.603. The van der Waals surface area contributed by atoms with Crippen molar-refractivity contribution in [3.63, 3.8) is 0 Å². The molecular weight excluding hydrogens is 444 g/mol. The summed E-state index contributed by atoms with van der Waals surface area (Å²) in [4.78, 5) is 35.0. The Morgan fingerprint density at radius 2 is 1.71 bits per heavy atom. The van der Waals surface area contributed by atoms with Gasteiger partial charge in [0.25, 0.3) is 0 Å². The first-order valence-corrected chi connectivity index (χ1v) is 11.2. The molecule has 178 valence electrons. The molecule has 0 radical (unpaired) electrons. The Kier molecular flexibility index (Phi) is 7.21. The van der Waals surface area contributed by atoms with Gasteiger partial charge in [0.2, 0.25) is 0 Å². The molecule has 0 fully saturated rings. The van der Waals surface area contributed by atoms with Crippen molar-refractivity contribution in [2.45, 2.75) is 13.0 Å². The number of ether oxygens (including phenoxy) is 2. The zero-order valence-electron chi connectivity index (χ0n) is 19.8. The van der Waals surface area contributed by atoms with Crippen molar-refractivity contribution in [2.24, 2.45) is 0 Å². The monoisotopic (exact) mass is 470 g/mol. The Morgan fingerprint density at radius 1 is 0.943 bits per heavy atom. The molecule has 0 aliphatic heterocycles. The van der Waals surface area contributed by atoms with Crippen molar-refractivity contribution < 1.29 is 19.1 Å². The number of esters is 1. The molecule has 1 unspecified atom stereocenters. The lowest BCUT2D eigenvalue weighted by Crippen LogP contribution is -2.26. The van der Waals surface area contributed by atoms with Crippen LogP contribution in [0.3, 0.4) is 0 Å². The second kappa shape index (κ2) is 10.6. The minimum atomic E-state index is -0.515. The van der Waals surface area contributed by atoms with Gasteiger partial charge in [-0.1, -0.05) is 36.4 Å². The molecule has 8 heteroatoms. The number of aromatic nitrogens is 2. The Hall–Kier alpha value is -4.46. The second-order valence-electron chi connectivity index (χ2n) is 7.96.